The van der Waals surface area contributed by atoms with Crippen molar-refractivity contribution in [1.29, 1.82) is 0 Å². The highest BCUT2D eigenvalue weighted by atomic mass is 19.1. The van der Waals surface area contributed by atoms with E-state index >= 15 is 0 Å². The number of hydrogen-bond acceptors (Lipinski definition) is 3. The van der Waals surface area contributed by atoms with Crippen molar-refractivity contribution in [2.24, 2.45) is 0 Å². The quantitative estimate of drug-likeness (QED) is 0.757. The number of rotatable bonds is 7. The Balaban J connectivity index is 1.73. The Kier molecular flexibility index (Phi) is 7.03. The van der Waals surface area contributed by atoms with E-state index < -0.39 is 5.56 Å². The Morgan fingerprint density at radius 2 is 1.87 bits per heavy atom. The predicted molar refractivity (Wildman–Crippen MR) is 113 cm³/mol. The van der Waals surface area contributed by atoms with Gasteiger partial charge < -0.3 is 14.8 Å². The van der Waals surface area contributed by atoms with E-state index in [-0.39, 0.29) is 41.8 Å². The Hall–Kier alpha value is -2.96. The molecule has 30 heavy (non-hydrogen) atoms. The molecule has 1 atom stereocenters. The fraction of sp³-hybridized carbons (Fsp3) is 0.435. The van der Waals surface area contributed by atoms with Crippen LogP contribution in [0.5, 0.6) is 0 Å². The zero-order valence-corrected chi connectivity index (χ0v) is 17.4. The summed E-state index contributed by atoms with van der Waals surface area (Å²) in [4.78, 5) is 39.7. The Morgan fingerprint density at radius 3 is 2.50 bits per heavy atom. The summed E-state index contributed by atoms with van der Waals surface area (Å²) in [6.45, 7) is 1.77. The molecule has 1 aliphatic carbocycles. The van der Waals surface area contributed by atoms with Gasteiger partial charge in [-0.2, -0.15) is 0 Å². The van der Waals surface area contributed by atoms with Gasteiger partial charge in [-0.05, 0) is 49.1 Å². The number of carbonyl (C=O) groups is 2. The lowest BCUT2D eigenvalue weighted by molar-refractivity contribution is -0.132. The van der Waals surface area contributed by atoms with E-state index in [1.54, 1.807) is 30.1 Å². The van der Waals surface area contributed by atoms with Gasteiger partial charge >= 0.3 is 0 Å². The molecule has 1 fully saturated rings. The van der Waals surface area contributed by atoms with Crippen molar-refractivity contribution in [2.45, 2.75) is 57.7 Å². The molecular formula is C23H28FN3O3. The van der Waals surface area contributed by atoms with Crippen molar-refractivity contribution < 1.29 is 14.0 Å². The highest BCUT2D eigenvalue weighted by molar-refractivity contribution is 5.94. The van der Waals surface area contributed by atoms with Crippen LogP contribution in [0.25, 0.3) is 0 Å². The van der Waals surface area contributed by atoms with E-state index in [4.69, 9.17) is 0 Å². The Morgan fingerprint density at radius 1 is 1.20 bits per heavy atom. The largest absolute Gasteiger partial charge is 0.349 e. The molecule has 7 heteroatoms. The average molecular weight is 413 g/mol. The molecule has 0 bridgehead atoms. The number of likely N-dealkylation sites (N-methyl/N-ethyl adjacent to an activating group) is 1. The van der Waals surface area contributed by atoms with Gasteiger partial charge in [0.05, 0.1) is 6.04 Å². The number of nitrogens with one attached hydrogen (secondary N) is 1. The van der Waals surface area contributed by atoms with Crippen LogP contribution in [0.15, 0.2) is 47.4 Å². The van der Waals surface area contributed by atoms with Crippen LogP contribution in [0, 0.1) is 5.82 Å². The van der Waals surface area contributed by atoms with Gasteiger partial charge in [-0.1, -0.05) is 31.9 Å². The van der Waals surface area contributed by atoms with Crippen molar-refractivity contribution in [1.82, 2.24) is 14.8 Å². The second-order valence-electron chi connectivity index (χ2n) is 7.79. The zero-order valence-electron chi connectivity index (χ0n) is 17.4. The summed E-state index contributed by atoms with van der Waals surface area (Å²) >= 11 is 0. The minimum atomic E-state index is -0.482. The van der Waals surface area contributed by atoms with Gasteiger partial charge in [0.15, 0.2) is 0 Å². The SMILES string of the molecule is CC[C@@H](c1ccc(F)cc1)N(C)C(=O)Cn1cccc(C(=O)NC2CCCC2)c1=O. The molecule has 0 aliphatic heterocycles. The normalized spacial score (nSPS) is 15.0. The third-order valence-corrected chi connectivity index (χ3v) is 5.76. The van der Waals surface area contributed by atoms with Crippen LogP contribution in [0.3, 0.4) is 0 Å². The minimum absolute atomic E-state index is 0.0467. The van der Waals surface area contributed by atoms with E-state index in [9.17, 15) is 18.8 Å². The van der Waals surface area contributed by atoms with Crippen LogP contribution in [0.4, 0.5) is 4.39 Å². The second-order valence-corrected chi connectivity index (χ2v) is 7.79. The summed E-state index contributed by atoms with van der Waals surface area (Å²) in [5.41, 5.74) is 0.391. The van der Waals surface area contributed by atoms with Crippen LogP contribution in [-0.2, 0) is 11.3 Å². The first-order chi connectivity index (χ1) is 14.4. The summed E-state index contributed by atoms with van der Waals surface area (Å²) in [7, 11) is 1.67. The van der Waals surface area contributed by atoms with Crippen LogP contribution < -0.4 is 10.9 Å². The molecule has 0 saturated heterocycles. The van der Waals surface area contributed by atoms with Gasteiger partial charge in [0, 0.05) is 19.3 Å². The highest BCUT2D eigenvalue weighted by Gasteiger charge is 2.23. The first-order valence-corrected chi connectivity index (χ1v) is 10.4. The standard InChI is InChI=1S/C23H28FN3O3/c1-3-20(16-10-12-17(24)13-11-16)26(2)21(28)15-27-14-6-9-19(23(27)30)22(29)25-18-7-4-5-8-18/h6,9-14,18,20H,3-5,7-8,15H2,1-2H3,(H,25,29)/t20-/m0/s1. The Bertz CT molecular complexity index is 949. The molecule has 1 aromatic heterocycles. The fourth-order valence-electron chi connectivity index (χ4n) is 4.02. The first-order valence-electron chi connectivity index (χ1n) is 10.4. The van der Waals surface area contributed by atoms with Crippen LogP contribution in [0.2, 0.25) is 0 Å². The summed E-state index contributed by atoms with van der Waals surface area (Å²) in [6, 6.07) is 9.03. The lowest BCUT2D eigenvalue weighted by Gasteiger charge is -2.28. The molecule has 0 unspecified atom stereocenters. The molecule has 1 saturated carbocycles. The van der Waals surface area contributed by atoms with Gasteiger partial charge in [0.25, 0.3) is 11.5 Å². The van der Waals surface area contributed by atoms with Crippen LogP contribution >= 0.6 is 0 Å². The maximum Gasteiger partial charge on any atom is 0.263 e. The van der Waals surface area contributed by atoms with E-state index in [1.807, 2.05) is 6.92 Å². The van der Waals surface area contributed by atoms with Crippen molar-refractivity contribution in [3.8, 4) is 0 Å². The van der Waals surface area contributed by atoms with Crippen LogP contribution in [0.1, 0.15) is 61.0 Å². The van der Waals surface area contributed by atoms with Crippen LogP contribution in [-0.4, -0.2) is 34.4 Å². The second kappa shape index (κ2) is 9.69. The molecule has 0 radical (unpaired) electrons. The molecule has 3 rings (SSSR count). The fourth-order valence-corrected chi connectivity index (χ4v) is 4.02. The van der Waals surface area contributed by atoms with Crippen molar-refractivity contribution in [2.75, 3.05) is 7.05 Å². The number of amides is 2. The smallest absolute Gasteiger partial charge is 0.263 e. The van der Waals surface area contributed by atoms with Gasteiger partial charge in [-0.15, -0.1) is 0 Å². The molecule has 160 valence electrons. The van der Waals surface area contributed by atoms with Gasteiger partial charge in [0.2, 0.25) is 5.91 Å². The van der Waals surface area contributed by atoms with E-state index in [0.29, 0.717) is 6.42 Å². The maximum absolute atomic E-state index is 13.2. The molecule has 1 heterocycles. The zero-order chi connectivity index (χ0) is 21.7. The molecule has 2 amide bonds. The number of aromatic nitrogens is 1. The lowest BCUT2D eigenvalue weighted by atomic mass is 10.0. The number of benzene rings is 1. The van der Waals surface area contributed by atoms with Gasteiger partial charge in [-0.3, -0.25) is 14.4 Å². The number of halogens is 1. The highest BCUT2D eigenvalue weighted by Crippen LogP contribution is 2.23. The molecule has 1 N–H and O–H groups in total. The summed E-state index contributed by atoms with van der Waals surface area (Å²) in [5.74, 6) is -0.983. The molecule has 0 spiro atoms. The third-order valence-electron chi connectivity index (χ3n) is 5.76. The van der Waals surface area contributed by atoms with Gasteiger partial charge in [-0.25, -0.2) is 4.39 Å². The maximum atomic E-state index is 13.2. The number of carbonyl (C=O) groups excluding carboxylic acids is 2. The van der Waals surface area contributed by atoms with E-state index in [1.165, 1.54) is 29.0 Å². The molecule has 6 nitrogen and oxygen atoms in total. The number of nitrogens with zero attached hydrogens (tertiary/aromatic N) is 2. The summed E-state index contributed by atoms with van der Waals surface area (Å²) in [6.07, 6.45) is 6.18. The predicted octanol–water partition coefficient (Wildman–Crippen LogP) is 3.27. The van der Waals surface area contributed by atoms with Crippen molar-refractivity contribution in [3.63, 3.8) is 0 Å². The lowest BCUT2D eigenvalue weighted by Crippen LogP contribution is -2.40. The van der Waals surface area contributed by atoms with Gasteiger partial charge in [0.1, 0.15) is 17.9 Å². The summed E-state index contributed by atoms with van der Waals surface area (Å²) < 4.78 is 14.5. The number of hydrogen-bond donors (Lipinski definition) is 1. The summed E-state index contributed by atoms with van der Waals surface area (Å²) in [5, 5.41) is 2.91. The first kappa shape index (κ1) is 21.7. The Labute approximate surface area is 175 Å². The number of pyridine rings is 1. The molecular weight excluding hydrogens is 385 g/mol. The topological polar surface area (TPSA) is 71.4 Å². The van der Waals surface area contributed by atoms with Crippen molar-refractivity contribution in [3.05, 3.63) is 69.9 Å². The monoisotopic (exact) mass is 413 g/mol. The van der Waals surface area contributed by atoms with E-state index in [0.717, 1.165) is 31.2 Å². The molecule has 1 aliphatic rings. The third kappa shape index (κ3) is 4.96. The molecule has 1 aromatic carbocycles. The minimum Gasteiger partial charge on any atom is -0.349 e. The molecule has 2 aromatic rings. The van der Waals surface area contributed by atoms with Crippen molar-refractivity contribution >= 4 is 11.8 Å². The van der Waals surface area contributed by atoms with E-state index in [2.05, 4.69) is 5.32 Å². The average Bonchev–Trinajstić information content (AvgIpc) is 3.24.